The van der Waals surface area contributed by atoms with Gasteiger partial charge in [-0.25, -0.2) is 19.2 Å². The molecule has 1 unspecified atom stereocenters. The molecule has 8 heteroatoms. The van der Waals surface area contributed by atoms with Crippen molar-refractivity contribution in [3.8, 4) is 0 Å². The molecule has 1 amide bonds. The van der Waals surface area contributed by atoms with Crippen molar-refractivity contribution in [3.63, 3.8) is 0 Å². The molecule has 0 spiro atoms. The number of nitrogens with zero attached hydrogens (tertiary/aromatic N) is 1. The topological polar surface area (TPSA) is 20.3 Å². The van der Waals surface area contributed by atoms with Gasteiger partial charge in [0.2, 0.25) is 5.91 Å². The number of hydrogen-bond donors (Lipinski definition) is 0. The third-order valence-electron chi connectivity index (χ3n) is 2.76. The normalized spacial score (nSPS) is 18.6. The monoisotopic (exact) mass is 547 g/mol. The Morgan fingerprint density at radius 3 is 2.71 bits per heavy atom. The first-order valence-electron chi connectivity index (χ1n) is 5.70. The minimum Gasteiger partial charge on any atom is -0.341 e. The Balaban J connectivity index is 0.00000220. The summed E-state index contributed by atoms with van der Waals surface area (Å²) >= 11 is 5.09. The van der Waals surface area contributed by atoms with Crippen molar-refractivity contribution in [2.45, 2.75) is 16.8 Å². The standard InChI is InChI=1S/C13H9BrF3INO.Y/c14-9-5-7(15)1-2-8(9)11-4-3-10(18)13(20)19(11)6-12(16)17;/h1-2,5,10,12H,3,6H2;/q-1;. The van der Waals surface area contributed by atoms with Crippen molar-refractivity contribution < 1.29 is 50.7 Å². The number of carbonyl (C=O) groups excluding carboxylic acids is 1. The molecule has 21 heavy (non-hydrogen) atoms. The Morgan fingerprint density at radius 1 is 1.48 bits per heavy atom. The summed E-state index contributed by atoms with van der Waals surface area (Å²) < 4.78 is 38.4. The van der Waals surface area contributed by atoms with Crippen LogP contribution in [-0.4, -0.2) is 27.7 Å². The number of allylic oxidation sites excluding steroid dienone is 1. The van der Waals surface area contributed by atoms with Gasteiger partial charge in [0.25, 0.3) is 6.43 Å². The quantitative estimate of drug-likeness (QED) is 0.318. The molecule has 1 heterocycles. The van der Waals surface area contributed by atoms with Gasteiger partial charge >= 0.3 is 0 Å². The van der Waals surface area contributed by atoms with Gasteiger partial charge in [-0.15, -0.1) is 17.3 Å². The summed E-state index contributed by atoms with van der Waals surface area (Å²) in [5.74, 6) is -0.827. The van der Waals surface area contributed by atoms with Crippen LogP contribution in [0.5, 0.6) is 0 Å². The van der Waals surface area contributed by atoms with Gasteiger partial charge in [-0.3, -0.25) is 4.79 Å². The number of halogens is 5. The first kappa shape index (κ1) is 19.6. The summed E-state index contributed by atoms with van der Waals surface area (Å²) in [6, 6.07) is 3.89. The largest absolute Gasteiger partial charge is 0.341 e. The molecule has 2 nitrogen and oxygen atoms in total. The molecule has 1 aromatic rings. The molecule has 0 aliphatic carbocycles. The SMILES string of the molecule is O=C1C(I)C[C-]=C(c2ccc(F)cc2Br)N1CC(F)F.[Y]. The van der Waals surface area contributed by atoms with Gasteiger partial charge in [0.15, 0.2) is 0 Å². The van der Waals surface area contributed by atoms with E-state index in [0.717, 1.165) is 4.90 Å². The van der Waals surface area contributed by atoms with Gasteiger partial charge in [0, 0.05) is 32.7 Å². The van der Waals surface area contributed by atoms with Crippen molar-refractivity contribution in [2.24, 2.45) is 0 Å². The Morgan fingerprint density at radius 2 is 2.14 bits per heavy atom. The van der Waals surface area contributed by atoms with Crippen LogP contribution < -0.4 is 0 Å². The van der Waals surface area contributed by atoms with E-state index in [0.29, 0.717) is 16.5 Å². The molecule has 0 bridgehead atoms. The van der Waals surface area contributed by atoms with Crippen LogP contribution >= 0.6 is 38.5 Å². The number of hydrogen-bond acceptors (Lipinski definition) is 1. The van der Waals surface area contributed by atoms with Crippen molar-refractivity contribution >= 4 is 50.1 Å². The third-order valence-corrected chi connectivity index (χ3v) is 4.39. The van der Waals surface area contributed by atoms with E-state index in [1.165, 1.54) is 18.2 Å². The first-order valence-corrected chi connectivity index (χ1v) is 7.74. The molecule has 1 radical (unpaired) electrons. The van der Waals surface area contributed by atoms with Gasteiger partial charge in [-0.2, -0.15) is 0 Å². The zero-order chi connectivity index (χ0) is 14.9. The van der Waals surface area contributed by atoms with E-state index >= 15 is 0 Å². The maximum Gasteiger partial charge on any atom is 0.256 e. The van der Waals surface area contributed by atoms with E-state index in [2.05, 4.69) is 22.0 Å². The van der Waals surface area contributed by atoms with Crippen LogP contribution in [0.3, 0.4) is 0 Å². The molecule has 0 saturated heterocycles. The van der Waals surface area contributed by atoms with Gasteiger partial charge in [-0.05, 0) is 12.1 Å². The Hall–Kier alpha value is 0.534. The maximum atomic E-state index is 13.1. The van der Waals surface area contributed by atoms with Crippen LogP contribution in [0.1, 0.15) is 12.0 Å². The summed E-state index contributed by atoms with van der Waals surface area (Å²) in [4.78, 5) is 13.1. The van der Waals surface area contributed by atoms with E-state index < -0.39 is 22.7 Å². The average Bonchev–Trinajstić information content (AvgIpc) is 2.36. The van der Waals surface area contributed by atoms with E-state index in [9.17, 15) is 18.0 Å². The van der Waals surface area contributed by atoms with Gasteiger partial charge < -0.3 is 4.90 Å². The second-order valence-electron chi connectivity index (χ2n) is 4.16. The van der Waals surface area contributed by atoms with Crippen LogP contribution in [-0.2, 0) is 37.5 Å². The van der Waals surface area contributed by atoms with E-state index in [1.807, 2.05) is 22.6 Å². The minimum absolute atomic E-state index is 0. The molecule has 0 aromatic heterocycles. The van der Waals surface area contributed by atoms with Crippen molar-refractivity contribution in [3.05, 3.63) is 40.1 Å². The molecular formula is C13H9BrF3INOY-. The summed E-state index contributed by atoms with van der Waals surface area (Å²) in [6.45, 7) is -0.690. The van der Waals surface area contributed by atoms with Crippen LogP contribution in [0.25, 0.3) is 5.70 Å². The van der Waals surface area contributed by atoms with Crippen molar-refractivity contribution in [1.29, 1.82) is 0 Å². The molecule has 1 aliphatic heterocycles. The second-order valence-corrected chi connectivity index (χ2v) is 6.52. The number of benzene rings is 1. The Kier molecular flexibility index (Phi) is 7.84. The number of alkyl halides is 3. The number of rotatable bonds is 3. The fraction of sp³-hybridized carbons (Fsp3) is 0.308. The molecule has 1 atom stereocenters. The van der Waals surface area contributed by atoms with E-state index in [-0.39, 0.29) is 44.3 Å². The summed E-state index contributed by atoms with van der Waals surface area (Å²) in [6.07, 6.45) is 0.663. The van der Waals surface area contributed by atoms with E-state index in [4.69, 9.17) is 0 Å². The molecule has 0 N–H and O–H groups in total. The van der Waals surface area contributed by atoms with Gasteiger partial charge in [0.05, 0.1) is 10.5 Å². The zero-order valence-electron chi connectivity index (χ0n) is 10.6. The molecule has 111 valence electrons. The third kappa shape index (κ3) is 4.75. The fourth-order valence-corrected chi connectivity index (χ4v) is 2.98. The molecular weight excluding hydrogens is 539 g/mol. The molecule has 1 aromatic carbocycles. The maximum absolute atomic E-state index is 13.1. The second kappa shape index (κ2) is 8.40. The van der Waals surface area contributed by atoms with Gasteiger partial charge in [0.1, 0.15) is 5.82 Å². The summed E-state index contributed by atoms with van der Waals surface area (Å²) in [5.41, 5.74) is 0.749. The van der Waals surface area contributed by atoms with Crippen LogP contribution in [0.15, 0.2) is 22.7 Å². The molecule has 0 saturated carbocycles. The first-order chi connectivity index (χ1) is 9.40. The fourth-order valence-electron chi connectivity index (χ4n) is 1.89. The zero-order valence-corrected chi connectivity index (χ0v) is 17.2. The predicted molar refractivity (Wildman–Crippen MR) is 80.9 cm³/mol. The predicted octanol–water partition coefficient (Wildman–Crippen LogP) is 4.03. The van der Waals surface area contributed by atoms with Crippen molar-refractivity contribution in [1.82, 2.24) is 4.90 Å². The minimum atomic E-state index is -2.64. The molecule has 2 rings (SSSR count). The van der Waals surface area contributed by atoms with Gasteiger partial charge in [-0.1, -0.05) is 49.4 Å². The Labute approximate surface area is 167 Å². The number of carbonyl (C=O) groups is 1. The van der Waals surface area contributed by atoms with Crippen LogP contribution in [0.2, 0.25) is 0 Å². The smallest absolute Gasteiger partial charge is 0.256 e. The average molecular weight is 548 g/mol. The van der Waals surface area contributed by atoms with Crippen molar-refractivity contribution in [2.75, 3.05) is 6.54 Å². The summed E-state index contributed by atoms with van der Waals surface area (Å²) in [7, 11) is 0. The van der Waals surface area contributed by atoms with Crippen LogP contribution in [0.4, 0.5) is 13.2 Å². The molecule has 0 fully saturated rings. The molecule has 1 aliphatic rings. The summed E-state index contributed by atoms with van der Waals surface area (Å²) in [5, 5.41) is 0. The number of amides is 1. The Bertz CT molecular complexity index is 570. The van der Waals surface area contributed by atoms with E-state index in [1.54, 1.807) is 0 Å². The van der Waals surface area contributed by atoms with Crippen LogP contribution in [0, 0.1) is 11.9 Å².